The molecule has 6 nitrogen and oxygen atoms in total. The van der Waals surface area contributed by atoms with Gasteiger partial charge in [-0.15, -0.1) is 21.5 Å². The Morgan fingerprint density at radius 2 is 2.50 bits per heavy atom. The van der Waals surface area contributed by atoms with Crippen LogP contribution in [0.15, 0.2) is 17.5 Å². The quantitative estimate of drug-likeness (QED) is 0.707. The number of hydrogen-bond donors (Lipinski definition) is 2. The number of thiophene rings is 1. The summed E-state index contributed by atoms with van der Waals surface area (Å²) in [6.45, 7) is 1.42. The van der Waals surface area contributed by atoms with Crippen LogP contribution in [0.4, 0.5) is 0 Å². The fourth-order valence-corrected chi connectivity index (χ4v) is 2.05. The minimum absolute atomic E-state index is 0.380. The summed E-state index contributed by atoms with van der Waals surface area (Å²) < 4.78 is 0. The Bertz CT molecular complexity index is 427. The molecule has 7 heteroatoms. The Kier molecular flexibility index (Phi) is 3.60. The topological polar surface area (TPSA) is 80.4 Å². The maximum absolute atomic E-state index is 9.76. The summed E-state index contributed by atoms with van der Waals surface area (Å²) >= 11 is 1.71. The van der Waals surface area contributed by atoms with Gasteiger partial charge >= 0.3 is 0 Å². The molecule has 0 saturated carbocycles. The van der Waals surface area contributed by atoms with E-state index in [2.05, 4.69) is 21.5 Å². The normalized spacial score (nSPS) is 12.9. The van der Waals surface area contributed by atoms with Crippen molar-refractivity contribution in [3.05, 3.63) is 28.2 Å². The molecular formula is C9H14N5OS+. The number of rotatable bonds is 5. The molecule has 0 bridgehead atoms. The average Bonchev–Trinajstić information content (AvgIpc) is 2.89. The molecule has 86 valence electrons. The van der Waals surface area contributed by atoms with Crippen LogP contribution < -0.4 is 5.32 Å². The summed E-state index contributed by atoms with van der Waals surface area (Å²) in [5, 5.41) is 25.2. The van der Waals surface area contributed by atoms with Crippen molar-refractivity contribution in [1.82, 2.24) is 20.2 Å². The van der Waals surface area contributed by atoms with E-state index in [-0.39, 0.29) is 0 Å². The van der Waals surface area contributed by atoms with Gasteiger partial charge in [-0.3, -0.25) is 0 Å². The van der Waals surface area contributed by atoms with Gasteiger partial charge in [-0.1, -0.05) is 6.07 Å². The van der Waals surface area contributed by atoms with Gasteiger partial charge in [0.25, 0.3) is 0 Å². The van der Waals surface area contributed by atoms with Crippen molar-refractivity contribution in [2.75, 3.05) is 6.54 Å². The van der Waals surface area contributed by atoms with Crippen molar-refractivity contribution in [3.63, 3.8) is 0 Å². The van der Waals surface area contributed by atoms with Gasteiger partial charge in [0.2, 0.25) is 5.82 Å². The van der Waals surface area contributed by atoms with Crippen LogP contribution >= 0.6 is 11.3 Å². The largest absolute Gasteiger partial charge is 0.379 e. The van der Waals surface area contributed by atoms with Crippen molar-refractivity contribution in [2.45, 2.75) is 12.6 Å². The van der Waals surface area contributed by atoms with E-state index in [0.717, 1.165) is 6.54 Å². The lowest BCUT2D eigenvalue weighted by atomic mass is 10.3. The zero-order valence-corrected chi connectivity index (χ0v) is 9.76. The SMILES string of the molecule is Cn1nnc([C@H](O)C[NH2+]Cc2cccs2)n1. The Labute approximate surface area is 96.9 Å². The van der Waals surface area contributed by atoms with Gasteiger partial charge in [0, 0.05) is 0 Å². The number of aryl methyl sites for hydroxylation is 1. The van der Waals surface area contributed by atoms with E-state index in [4.69, 9.17) is 0 Å². The van der Waals surface area contributed by atoms with E-state index < -0.39 is 6.10 Å². The molecule has 1 atom stereocenters. The van der Waals surface area contributed by atoms with Gasteiger partial charge in [0.1, 0.15) is 13.1 Å². The van der Waals surface area contributed by atoms with Crippen LogP contribution in [0.5, 0.6) is 0 Å². The second-order valence-electron chi connectivity index (χ2n) is 3.46. The Hall–Kier alpha value is -1.31. The highest BCUT2D eigenvalue weighted by Gasteiger charge is 2.14. The molecule has 0 aromatic carbocycles. The number of tetrazole rings is 1. The molecule has 2 aromatic heterocycles. The van der Waals surface area contributed by atoms with E-state index in [1.807, 2.05) is 16.8 Å². The van der Waals surface area contributed by atoms with Gasteiger partial charge in [0.05, 0.1) is 11.9 Å². The number of hydrogen-bond acceptors (Lipinski definition) is 5. The molecule has 0 saturated heterocycles. The number of aliphatic hydroxyl groups is 1. The molecule has 2 rings (SSSR count). The fraction of sp³-hybridized carbons (Fsp3) is 0.444. The van der Waals surface area contributed by atoms with Crippen LogP contribution in [-0.4, -0.2) is 31.9 Å². The average molecular weight is 240 g/mol. The number of quaternary nitrogens is 1. The van der Waals surface area contributed by atoms with Crippen molar-refractivity contribution in [1.29, 1.82) is 0 Å². The van der Waals surface area contributed by atoms with E-state index in [1.165, 1.54) is 9.67 Å². The Morgan fingerprint density at radius 3 is 3.12 bits per heavy atom. The van der Waals surface area contributed by atoms with E-state index >= 15 is 0 Å². The molecule has 0 aliphatic rings. The number of nitrogens with zero attached hydrogens (tertiary/aromatic N) is 4. The second kappa shape index (κ2) is 5.15. The number of aromatic nitrogens is 4. The monoisotopic (exact) mass is 240 g/mol. The Balaban J connectivity index is 1.78. The molecule has 16 heavy (non-hydrogen) atoms. The minimum Gasteiger partial charge on any atom is -0.379 e. The van der Waals surface area contributed by atoms with Gasteiger partial charge in [-0.05, 0) is 16.7 Å². The summed E-state index contributed by atoms with van der Waals surface area (Å²) in [5.41, 5.74) is 0. The third kappa shape index (κ3) is 2.84. The van der Waals surface area contributed by atoms with Gasteiger partial charge in [-0.25, -0.2) is 0 Å². The highest BCUT2D eigenvalue weighted by molar-refractivity contribution is 7.09. The molecule has 2 heterocycles. The van der Waals surface area contributed by atoms with Gasteiger partial charge < -0.3 is 10.4 Å². The predicted octanol–water partition coefficient (Wildman–Crippen LogP) is -0.931. The first-order valence-electron chi connectivity index (χ1n) is 5.01. The standard InChI is InChI=1S/C9H13N5OS/c1-14-12-9(11-13-14)8(15)6-10-5-7-3-2-4-16-7/h2-4,8,10,15H,5-6H2,1H3/p+1/t8-/m1/s1. The number of nitrogens with two attached hydrogens (primary N) is 1. The van der Waals surface area contributed by atoms with E-state index in [9.17, 15) is 5.11 Å². The lowest BCUT2D eigenvalue weighted by Gasteiger charge is -2.03. The first-order chi connectivity index (χ1) is 7.75. The van der Waals surface area contributed by atoms with Crippen LogP contribution in [0.1, 0.15) is 16.8 Å². The van der Waals surface area contributed by atoms with Crippen molar-refractivity contribution >= 4 is 11.3 Å². The molecular weight excluding hydrogens is 226 g/mol. The second-order valence-corrected chi connectivity index (χ2v) is 4.49. The van der Waals surface area contributed by atoms with Crippen LogP contribution in [0.3, 0.4) is 0 Å². The molecule has 0 amide bonds. The zero-order valence-electron chi connectivity index (χ0n) is 8.95. The highest BCUT2D eigenvalue weighted by atomic mass is 32.1. The van der Waals surface area contributed by atoms with Crippen LogP contribution in [0.2, 0.25) is 0 Å². The molecule has 0 spiro atoms. The maximum Gasteiger partial charge on any atom is 0.208 e. The first-order valence-corrected chi connectivity index (χ1v) is 5.89. The van der Waals surface area contributed by atoms with Crippen LogP contribution in [-0.2, 0) is 13.6 Å². The molecule has 3 N–H and O–H groups in total. The molecule has 0 radical (unpaired) electrons. The van der Waals surface area contributed by atoms with Gasteiger partial charge in [0.15, 0.2) is 6.10 Å². The van der Waals surface area contributed by atoms with Crippen molar-refractivity contribution < 1.29 is 10.4 Å². The summed E-state index contributed by atoms with van der Waals surface area (Å²) in [6.07, 6.45) is -0.659. The molecule has 0 aliphatic carbocycles. The molecule has 0 fully saturated rings. The minimum atomic E-state index is -0.659. The zero-order chi connectivity index (χ0) is 11.4. The third-order valence-electron chi connectivity index (χ3n) is 2.14. The van der Waals surface area contributed by atoms with Crippen molar-refractivity contribution in [3.8, 4) is 0 Å². The maximum atomic E-state index is 9.76. The predicted molar refractivity (Wildman–Crippen MR) is 58.6 cm³/mol. The van der Waals surface area contributed by atoms with E-state index in [1.54, 1.807) is 18.4 Å². The van der Waals surface area contributed by atoms with Gasteiger partial charge in [-0.2, -0.15) is 4.80 Å². The van der Waals surface area contributed by atoms with E-state index in [0.29, 0.717) is 12.4 Å². The third-order valence-corrected chi connectivity index (χ3v) is 3.04. The van der Waals surface area contributed by atoms with Crippen LogP contribution in [0.25, 0.3) is 0 Å². The smallest absolute Gasteiger partial charge is 0.208 e. The lowest BCUT2D eigenvalue weighted by molar-refractivity contribution is -0.677. The van der Waals surface area contributed by atoms with Crippen LogP contribution in [0, 0.1) is 0 Å². The number of aliphatic hydroxyl groups excluding tert-OH is 1. The Morgan fingerprint density at radius 1 is 1.62 bits per heavy atom. The molecule has 0 unspecified atom stereocenters. The van der Waals surface area contributed by atoms with Crippen molar-refractivity contribution in [2.24, 2.45) is 7.05 Å². The highest BCUT2D eigenvalue weighted by Crippen LogP contribution is 2.06. The summed E-state index contributed by atoms with van der Waals surface area (Å²) in [6, 6.07) is 4.10. The summed E-state index contributed by atoms with van der Waals surface area (Å²) in [4.78, 5) is 2.64. The molecule has 0 aliphatic heterocycles. The molecule has 2 aromatic rings. The fourth-order valence-electron chi connectivity index (χ4n) is 1.35. The summed E-state index contributed by atoms with van der Waals surface area (Å²) in [7, 11) is 1.68. The first kappa shape index (κ1) is 11.2. The summed E-state index contributed by atoms with van der Waals surface area (Å²) in [5.74, 6) is 0.380. The lowest BCUT2D eigenvalue weighted by Crippen LogP contribution is -2.83.